The number of benzene rings is 2. The number of aromatic nitrogens is 4. The number of imidazole rings is 1. The number of nitrogens with zero attached hydrogens (tertiary/aromatic N) is 4. The molecule has 0 atom stereocenters. The molecule has 0 aliphatic heterocycles. The van der Waals surface area contributed by atoms with Crippen LogP contribution in [0.2, 0.25) is 0 Å². The largest absolute Gasteiger partial charge is 0.416 e. The SMILES string of the molecule is O=C(NCCCn1ccnc1)c1ccc(-n2cccn2)c(C#Cc2cccc(C(F)(F)F)c2)c1. The first-order chi connectivity index (χ1) is 16.4. The van der Waals surface area contributed by atoms with Crippen LogP contribution >= 0.6 is 0 Å². The number of hydrogen-bond donors (Lipinski definition) is 1. The van der Waals surface area contributed by atoms with Crippen molar-refractivity contribution < 1.29 is 18.0 Å². The molecular weight excluding hydrogens is 443 g/mol. The van der Waals surface area contributed by atoms with Crippen LogP contribution in [0.25, 0.3) is 5.69 Å². The second-order valence-corrected chi connectivity index (χ2v) is 7.42. The number of carbonyl (C=O) groups is 1. The van der Waals surface area contributed by atoms with E-state index in [2.05, 4.69) is 27.2 Å². The van der Waals surface area contributed by atoms with Crippen LogP contribution in [-0.4, -0.2) is 31.8 Å². The van der Waals surface area contributed by atoms with Crippen molar-refractivity contribution >= 4 is 5.91 Å². The maximum absolute atomic E-state index is 13.0. The zero-order chi connectivity index (χ0) is 24.0. The van der Waals surface area contributed by atoms with Crippen LogP contribution in [0.4, 0.5) is 13.2 Å². The fraction of sp³-hybridized carbons (Fsp3) is 0.160. The Labute approximate surface area is 194 Å². The summed E-state index contributed by atoms with van der Waals surface area (Å²) in [6.07, 6.45) is 4.87. The molecule has 0 radical (unpaired) electrons. The molecule has 2 heterocycles. The topological polar surface area (TPSA) is 64.7 Å². The summed E-state index contributed by atoms with van der Waals surface area (Å²) in [7, 11) is 0. The van der Waals surface area contributed by atoms with Gasteiger partial charge in [-0.15, -0.1) is 0 Å². The zero-order valence-electron chi connectivity index (χ0n) is 18.0. The van der Waals surface area contributed by atoms with E-state index in [1.165, 1.54) is 12.1 Å². The van der Waals surface area contributed by atoms with Gasteiger partial charge in [0.1, 0.15) is 0 Å². The lowest BCUT2D eigenvalue weighted by Gasteiger charge is -2.09. The van der Waals surface area contributed by atoms with Gasteiger partial charge < -0.3 is 9.88 Å². The van der Waals surface area contributed by atoms with Gasteiger partial charge in [-0.2, -0.15) is 18.3 Å². The Morgan fingerprint density at radius 1 is 1.03 bits per heavy atom. The third-order valence-electron chi connectivity index (χ3n) is 4.98. The van der Waals surface area contributed by atoms with E-state index in [4.69, 9.17) is 0 Å². The minimum atomic E-state index is -4.45. The van der Waals surface area contributed by atoms with Gasteiger partial charge in [-0.05, 0) is 48.9 Å². The van der Waals surface area contributed by atoms with Gasteiger partial charge in [0, 0.05) is 49.0 Å². The summed E-state index contributed by atoms with van der Waals surface area (Å²) >= 11 is 0. The second-order valence-electron chi connectivity index (χ2n) is 7.42. The lowest BCUT2D eigenvalue weighted by Crippen LogP contribution is -2.25. The predicted molar refractivity (Wildman–Crippen MR) is 120 cm³/mol. The molecule has 4 aromatic rings. The summed E-state index contributed by atoms with van der Waals surface area (Å²) in [5.74, 6) is 5.42. The number of nitrogens with one attached hydrogen (secondary N) is 1. The lowest BCUT2D eigenvalue weighted by atomic mass is 10.1. The van der Waals surface area contributed by atoms with E-state index in [9.17, 15) is 18.0 Å². The smallest absolute Gasteiger partial charge is 0.352 e. The van der Waals surface area contributed by atoms with Gasteiger partial charge in [-0.1, -0.05) is 17.9 Å². The number of amides is 1. The van der Waals surface area contributed by atoms with Crippen molar-refractivity contribution in [1.82, 2.24) is 24.6 Å². The highest BCUT2D eigenvalue weighted by Gasteiger charge is 2.30. The van der Waals surface area contributed by atoms with Crippen molar-refractivity contribution in [2.75, 3.05) is 6.54 Å². The normalized spacial score (nSPS) is 11.0. The molecule has 4 rings (SSSR count). The maximum atomic E-state index is 13.0. The van der Waals surface area contributed by atoms with Crippen molar-refractivity contribution in [3.63, 3.8) is 0 Å². The standard InChI is InChI=1S/C25H20F3N5O/c26-25(27,28)22-5-1-4-19(16-22)6-7-20-17-21(8-9-23(20)33-14-3-11-31-33)24(34)30-10-2-13-32-15-12-29-18-32/h1,3-5,8-9,11-12,14-18H,2,10,13H2,(H,30,34). The molecule has 0 saturated carbocycles. The van der Waals surface area contributed by atoms with E-state index < -0.39 is 11.7 Å². The van der Waals surface area contributed by atoms with Crippen molar-refractivity contribution in [3.05, 3.63) is 102 Å². The highest BCUT2D eigenvalue weighted by Crippen LogP contribution is 2.29. The average molecular weight is 463 g/mol. The number of halogens is 3. The van der Waals surface area contributed by atoms with Gasteiger partial charge >= 0.3 is 6.18 Å². The molecule has 0 aliphatic rings. The fourth-order valence-electron chi connectivity index (χ4n) is 3.29. The molecule has 0 saturated heterocycles. The quantitative estimate of drug-likeness (QED) is 0.342. The van der Waals surface area contributed by atoms with E-state index in [-0.39, 0.29) is 11.5 Å². The summed E-state index contributed by atoms with van der Waals surface area (Å²) in [5, 5.41) is 7.07. The highest BCUT2D eigenvalue weighted by atomic mass is 19.4. The van der Waals surface area contributed by atoms with Gasteiger partial charge in [-0.3, -0.25) is 4.79 Å². The van der Waals surface area contributed by atoms with E-state index in [1.807, 2.05) is 10.8 Å². The van der Waals surface area contributed by atoms with Crippen molar-refractivity contribution in [1.29, 1.82) is 0 Å². The van der Waals surface area contributed by atoms with Crippen LogP contribution in [0.15, 0.2) is 79.6 Å². The van der Waals surface area contributed by atoms with Gasteiger partial charge in [0.15, 0.2) is 0 Å². The number of alkyl halides is 3. The molecule has 1 amide bonds. The summed E-state index contributed by atoms with van der Waals surface area (Å²) < 4.78 is 42.6. The molecule has 0 fully saturated rings. The third kappa shape index (κ3) is 5.72. The summed E-state index contributed by atoms with van der Waals surface area (Å²) in [4.78, 5) is 16.6. The Balaban J connectivity index is 1.55. The molecule has 9 heteroatoms. The minimum Gasteiger partial charge on any atom is -0.352 e. The van der Waals surface area contributed by atoms with Crippen LogP contribution in [0.1, 0.15) is 33.5 Å². The Hall–Kier alpha value is -4.32. The van der Waals surface area contributed by atoms with E-state index >= 15 is 0 Å². The molecule has 1 N–H and O–H groups in total. The summed E-state index contributed by atoms with van der Waals surface area (Å²) in [6.45, 7) is 1.20. The van der Waals surface area contributed by atoms with Crippen molar-refractivity contribution in [3.8, 4) is 17.5 Å². The van der Waals surface area contributed by atoms with Gasteiger partial charge in [-0.25, -0.2) is 9.67 Å². The number of carbonyl (C=O) groups excluding carboxylic acids is 1. The monoisotopic (exact) mass is 463 g/mol. The van der Waals surface area contributed by atoms with E-state index in [0.717, 1.165) is 25.1 Å². The number of rotatable bonds is 6. The van der Waals surface area contributed by atoms with Crippen molar-refractivity contribution in [2.24, 2.45) is 0 Å². The molecule has 0 spiro atoms. The first kappa shape index (κ1) is 22.9. The Kier molecular flexibility index (Phi) is 6.78. The highest BCUT2D eigenvalue weighted by molar-refractivity contribution is 5.95. The number of hydrogen-bond acceptors (Lipinski definition) is 3. The molecule has 172 valence electrons. The molecule has 0 bridgehead atoms. The molecule has 0 unspecified atom stereocenters. The third-order valence-corrected chi connectivity index (χ3v) is 4.98. The van der Waals surface area contributed by atoms with Crippen molar-refractivity contribution in [2.45, 2.75) is 19.1 Å². The van der Waals surface area contributed by atoms with Crippen LogP contribution < -0.4 is 5.32 Å². The van der Waals surface area contributed by atoms with Crippen LogP contribution in [0, 0.1) is 11.8 Å². The van der Waals surface area contributed by atoms with Gasteiger partial charge in [0.25, 0.3) is 5.91 Å². The molecule has 2 aromatic carbocycles. The zero-order valence-corrected chi connectivity index (χ0v) is 18.0. The Morgan fingerprint density at radius 3 is 2.65 bits per heavy atom. The molecule has 2 aromatic heterocycles. The van der Waals surface area contributed by atoms with Gasteiger partial charge in [0.05, 0.1) is 23.1 Å². The molecular formula is C25H20F3N5O. The summed E-state index contributed by atoms with van der Waals surface area (Å²) in [6, 6.07) is 11.5. The second kappa shape index (κ2) is 10.1. The first-order valence-electron chi connectivity index (χ1n) is 10.5. The van der Waals surface area contributed by atoms with E-state index in [1.54, 1.807) is 53.9 Å². The summed E-state index contributed by atoms with van der Waals surface area (Å²) in [5.41, 5.74) is 0.922. The average Bonchev–Trinajstić information content (AvgIpc) is 3.54. The molecule has 0 aliphatic carbocycles. The van der Waals surface area contributed by atoms with Crippen LogP contribution in [0.5, 0.6) is 0 Å². The maximum Gasteiger partial charge on any atom is 0.416 e. The Bertz CT molecular complexity index is 1320. The molecule has 34 heavy (non-hydrogen) atoms. The van der Waals surface area contributed by atoms with E-state index in [0.29, 0.717) is 23.4 Å². The van der Waals surface area contributed by atoms with Crippen LogP contribution in [-0.2, 0) is 12.7 Å². The lowest BCUT2D eigenvalue weighted by molar-refractivity contribution is -0.137. The number of aryl methyl sites for hydroxylation is 1. The van der Waals surface area contributed by atoms with Crippen LogP contribution in [0.3, 0.4) is 0 Å². The predicted octanol–water partition coefficient (Wildman–Crippen LogP) is 4.31. The molecule has 6 nitrogen and oxygen atoms in total. The van der Waals surface area contributed by atoms with Gasteiger partial charge in [0.2, 0.25) is 0 Å². The first-order valence-corrected chi connectivity index (χ1v) is 10.5. The Morgan fingerprint density at radius 2 is 1.91 bits per heavy atom. The fourth-order valence-corrected chi connectivity index (χ4v) is 3.29. The minimum absolute atomic E-state index is 0.218.